The van der Waals surface area contributed by atoms with Crippen LogP contribution in [-0.4, -0.2) is 18.5 Å². The lowest BCUT2D eigenvalue weighted by molar-refractivity contribution is 0.0459. The van der Waals surface area contributed by atoms with E-state index in [4.69, 9.17) is 9.47 Å². The monoisotopic (exact) mass is 374 g/mol. The minimum absolute atomic E-state index is 0.275. The average Bonchev–Trinajstić information content (AvgIpc) is 2.73. The van der Waals surface area contributed by atoms with Crippen molar-refractivity contribution >= 4 is 11.9 Å². The zero-order valence-electron chi connectivity index (χ0n) is 15.9. The normalized spacial score (nSPS) is 10.5. The molecule has 0 unspecified atom stereocenters. The first-order valence-corrected chi connectivity index (χ1v) is 9.18. The summed E-state index contributed by atoms with van der Waals surface area (Å²) in [5.74, 6) is -0.187. The molecule has 3 rings (SSSR count). The van der Waals surface area contributed by atoms with E-state index in [1.54, 1.807) is 36.4 Å². The second kappa shape index (κ2) is 9.00. The van der Waals surface area contributed by atoms with Gasteiger partial charge in [-0.2, -0.15) is 0 Å². The maximum Gasteiger partial charge on any atom is 0.343 e. The molecule has 4 nitrogen and oxygen atoms in total. The summed E-state index contributed by atoms with van der Waals surface area (Å²) in [5.41, 5.74) is 3.00. The maximum absolute atomic E-state index is 12.3. The minimum atomic E-state index is -0.449. The van der Waals surface area contributed by atoms with E-state index in [-0.39, 0.29) is 11.9 Å². The predicted octanol–water partition coefficient (Wildman–Crippen LogP) is 5.39. The number of hydrogen-bond acceptors (Lipinski definition) is 4. The molecule has 142 valence electrons. The van der Waals surface area contributed by atoms with Crippen LogP contribution in [-0.2, 0) is 4.74 Å². The largest absolute Gasteiger partial charge is 0.462 e. The summed E-state index contributed by atoms with van der Waals surface area (Å²) in [5, 5.41) is 0. The van der Waals surface area contributed by atoms with E-state index in [1.807, 2.05) is 56.3 Å². The van der Waals surface area contributed by atoms with Crippen molar-refractivity contribution in [2.45, 2.75) is 13.8 Å². The van der Waals surface area contributed by atoms with Crippen molar-refractivity contribution in [2.24, 2.45) is 5.92 Å². The Kier molecular flexibility index (Phi) is 6.22. The van der Waals surface area contributed by atoms with Gasteiger partial charge in [-0.05, 0) is 53.4 Å². The van der Waals surface area contributed by atoms with E-state index in [0.717, 1.165) is 11.1 Å². The lowest BCUT2D eigenvalue weighted by atomic mass is 10.0. The van der Waals surface area contributed by atoms with Gasteiger partial charge >= 0.3 is 11.9 Å². The van der Waals surface area contributed by atoms with Crippen molar-refractivity contribution in [3.63, 3.8) is 0 Å². The molecule has 0 saturated carbocycles. The highest BCUT2D eigenvalue weighted by Gasteiger charge is 2.11. The molecule has 0 aliphatic heterocycles. The average molecular weight is 374 g/mol. The lowest BCUT2D eigenvalue weighted by Crippen LogP contribution is -2.11. The van der Waals surface area contributed by atoms with Crippen LogP contribution in [0.25, 0.3) is 11.1 Å². The van der Waals surface area contributed by atoms with Crippen LogP contribution in [0, 0.1) is 5.92 Å². The summed E-state index contributed by atoms with van der Waals surface area (Å²) in [7, 11) is 0. The molecule has 0 bridgehead atoms. The van der Waals surface area contributed by atoms with Crippen LogP contribution in [0.1, 0.15) is 34.6 Å². The molecule has 0 aromatic heterocycles. The highest BCUT2D eigenvalue weighted by atomic mass is 16.5. The molecule has 3 aromatic rings. The fraction of sp³-hybridized carbons (Fsp3) is 0.167. The van der Waals surface area contributed by atoms with Gasteiger partial charge < -0.3 is 9.47 Å². The minimum Gasteiger partial charge on any atom is -0.462 e. The second-order valence-corrected chi connectivity index (χ2v) is 6.85. The molecule has 0 aliphatic carbocycles. The molecule has 0 radical (unpaired) electrons. The summed E-state index contributed by atoms with van der Waals surface area (Å²) in [6.45, 7) is 4.32. The standard InChI is InChI=1S/C24H22O4/c1-17(2)16-27-23(25)20-12-14-22(15-13-20)28-24(26)21-10-8-19(9-11-21)18-6-4-3-5-7-18/h3-15,17H,16H2,1-2H3. The van der Waals surface area contributed by atoms with Crippen LogP contribution >= 0.6 is 0 Å². The molecule has 0 amide bonds. The van der Waals surface area contributed by atoms with Crippen LogP contribution in [0.2, 0.25) is 0 Å². The Morgan fingerprint density at radius 1 is 0.714 bits per heavy atom. The molecule has 0 aliphatic rings. The quantitative estimate of drug-likeness (QED) is 0.429. The van der Waals surface area contributed by atoms with Gasteiger partial charge in [0.05, 0.1) is 17.7 Å². The molecule has 0 N–H and O–H groups in total. The molecule has 4 heteroatoms. The third kappa shape index (κ3) is 5.07. The van der Waals surface area contributed by atoms with Crippen LogP contribution in [0.5, 0.6) is 5.75 Å². The van der Waals surface area contributed by atoms with Gasteiger partial charge in [-0.25, -0.2) is 9.59 Å². The molecule has 3 aromatic carbocycles. The molecule has 0 spiro atoms. The topological polar surface area (TPSA) is 52.6 Å². The summed E-state index contributed by atoms with van der Waals surface area (Å²) in [6, 6.07) is 23.5. The van der Waals surface area contributed by atoms with Gasteiger partial charge in [0.25, 0.3) is 0 Å². The van der Waals surface area contributed by atoms with Gasteiger partial charge in [0.1, 0.15) is 5.75 Å². The third-order valence-electron chi connectivity index (χ3n) is 4.08. The maximum atomic E-state index is 12.3. The Labute approximate surface area is 164 Å². The summed E-state index contributed by atoms with van der Waals surface area (Å²) >= 11 is 0. The van der Waals surface area contributed by atoms with Crippen molar-refractivity contribution in [1.82, 2.24) is 0 Å². The number of esters is 2. The Hall–Kier alpha value is -3.40. The number of carbonyl (C=O) groups excluding carboxylic acids is 2. The number of ether oxygens (including phenoxy) is 2. The Balaban J connectivity index is 1.62. The number of hydrogen-bond donors (Lipinski definition) is 0. The fourth-order valence-corrected chi connectivity index (χ4v) is 2.58. The van der Waals surface area contributed by atoms with E-state index < -0.39 is 5.97 Å². The first-order chi connectivity index (χ1) is 13.5. The number of rotatable bonds is 6. The molecule has 0 heterocycles. The summed E-state index contributed by atoms with van der Waals surface area (Å²) in [4.78, 5) is 24.3. The Morgan fingerprint density at radius 2 is 1.25 bits per heavy atom. The molecule has 0 saturated heterocycles. The molecule has 0 atom stereocenters. The molecule has 0 fully saturated rings. The fourth-order valence-electron chi connectivity index (χ4n) is 2.58. The second-order valence-electron chi connectivity index (χ2n) is 6.85. The summed E-state index contributed by atoms with van der Waals surface area (Å²) in [6.07, 6.45) is 0. The first-order valence-electron chi connectivity index (χ1n) is 9.18. The molecular formula is C24H22O4. The van der Waals surface area contributed by atoms with E-state index in [2.05, 4.69) is 0 Å². The van der Waals surface area contributed by atoms with E-state index in [9.17, 15) is 9.59 Å². The van der Waals surface area contributed by atoms with Crippen LogP contribution in [0.4, 0.5) is 0 Å². The lowest BCUT2D eigenvalue weighted by Gasteiger charge is -2.08. The third-order valence-corrected chi connectivity index (χ3v) is 4.08. The SMILES string of the molecule is CC(C)COC(=O)c1ccc(OC(=O)c2ccc(-c3ccccc3)cc2)cc1. The number of carbonyl (C=O) groups is 2. The van der Waals surface area contributed by atoms with Crippen molar-refractivity contribution in [1.29, 1.82) is 0 Å². The van der Waals surface area contributed by atoms with Crippen LogP contribution < -0.4 is 4.74 Å². The van der Waals surface area contributed by atoms with Gasteiger partial charge in [0.2, 0.25) is 0 Å². The smallest absolute Gasteiger partial charge is 0.343 e. The highest BCUT2D eigenvalue weighted by Crippen LogP contribution is 2.20. The van der Waals surface area contributed by atoms with Gasteiger partial charge in [-0.3, -0.25) is 0 Å². The Bertz CT molecular complexity index is 927. The van der Waals surface area contributed by atoms with Gasteiger partial charge in [-0.1, -0.05) is 56.3 Å². The summed E-state index contributed by atoms with van der Waals surface area (Å²) < 4.78 is 10.6. The van der Waals surface area contributed by atoms with Gasteiger partial charge in [0, 0.05) is 0 Å². The van der Waals surface area contributed by atoms with Gasteiger partial charge in [-0.15, -0.1) is 0 Å². The van der Waals surface area contributed by atoms with Crippen molar-refractivity contribution in [3.05, 3.63) is 90.0 Å². The van der Waals surface area contributed by atoms with Crippen molar-refractivity contribution < 1.29 is 19.1 Å². The van der Waals surface area contributed by atoms with E-state index in [0.29, 0.717) is 23.5 Å². The Morgan fingerprint density at radius 3 is 1.86 bits per heavy atom. The highest BCUT2D eigenvalue weighted by molar-refractivity contribution is 5.92. The van der Waals surface area contributed by atoms with E-state index in [1.165, 1.54) is 0 Å². The zero-order valence-corrected chi connectivity index (χ0v) is 15.9. The van der Waals surface area contributed by atoms with Crippen molar-refractivity contribution in [3.8, 4) is 16.9 Å². The van der Waals surface area contributed by atoms with Crippen molar-refractivity contribution in [2.75, 3.05) is 6.61 Å². The predicted molar refractivity (Wildman–Crippen MR) is 108 cm³/mol. The number of benzene rings is 3. The van der Waals surface area contributed by atoms with Crippen LogP contribution in [0.15, 0.2) is 78.9 Å². The molecular weight excluding hydrogens is 352 g/mol. The molecule has 28 heavy (non-hydrogen) atoms. The van der Waals surface area contributed by atoms with Crippen LogP contribution in [0.3, 0.4) is 0 Å². The van der Waals surface area contributed by atoms with E-state index >= 15 is 0 Å². The van der Waals surface area contributed by atoms with Gasteiger partial charge in [0.15, 0.2) is 0 Å². The zero-order chi connectivity index (χ0) is 19.9. The first kappa shape index (κ1) is 19.4.